The van der Waals surface area contributed by atoms with Crippen molar-refractivity contribution in [3.05, 3.63) is 40.6 Å². The number of rotatable bonds is 5. The number of halogens is 1. The molecule has 0 radical (unpaired) electrons. The zero-order chi connectivity index (χ0) is 14.8. The lowest BCUT2D eigenvalue weighted by atomic mass is 10.0. The van der Waals surface area contributed by atoms with Gasteiger partial charge in [0.2, 0.25) is 0 Å². The van der Waals surface area contributed by atoms with Gasteiger partial charge in [0.25, 0.3) is 0 Å². The number of methoxy groups -OCH3 is 1. The molecule has 0 spiro atoms. The van der Waals surface area contributed by atoms with Crippen LogP contribution in [0.5, 0.6) is 5.75 Å². The predicted octanol–water partition coefficient (Wildman–Crippen LogP) is 5.30. The van der Waals surface area contributed by atoms with Crippen LogP contribution in [0.3, 0.4) is 0 Å². The maximum atomic E-state index is 6.37. The molecular weight excluding hydrogens is 286 g/mol. The van der Waals surface area contributed by atoms with Gasteiger partial charge in [-0.1, -0.05) is 41.9 Å². The summed E-state index contributed by atoms with van der Waals surface area (Å²) in [5, 5.41) is 4.90. The van der Waals surface area contributed by atoms with E-state index in [0.29, 0.717) is 16.7 Å². The molecule has 3 rings (SSSR count). The largest absolute Gasteiger partial charge is 0.496 e. The Labute approximate surface area is 129 Å². The molecule has 0 atom stereocenters. The third-order valence-corrected chi connectivity index (χ3v) is 3.97. The van der Waals surface area contributed by atoms with Crippen LogP contribution in [-0.4, -0.2) is 12.3 Å². The fourth-order valence-electron chi connectivity index (χ4n) is 2.43. The maximum absolute atomic E-state index is 6.37. The summed E-state index contributed by atoms with van der Waals surface area (Å²) >= 11 is 6.37. The van der Waals surface area contributed by atoms with Gasteiger partial charge in [0, 0.05) is 11.5 Å². The zero-order valence-corrected chi connectivity index (χ0v) is 13.0. The molecule has 1 fully saturated rings. The number of benzene rings is 1. The van der Waals surface area contributed by atoms with E-state index in [0.717, 1.165) is 29.0 Å². The lowest BCUT2D eigenvalue weighted by Gasteiger charge is -2.08. The van der Waals surface area contributed by atoms with Crippen molar-refractivity contribution in [2.45, 2.75) is 32.1 Å². The Morgan fingerprint density at radius 1 is 1.43 bits per heavy atom. The van der Waals surface area contributed by atoms with Crippen molar-refractivity contribution in [1.82, 2.24) is 5.16 Å². The molecule has 1 aromatic carbocycles. The number of hydrogen-bond acceptors (Lipinski definition) is 3. The smallest absolute Gasteiger partial charge is 0.147 e. The summed E-state index contributed by atoms with van der Waals surface area (Å²) in [4.78, 5) is 0. The summed E-state index contributed by atoms with van der Waals surface area (Å²) in [6, 6.07) is 5.60. The van der Waals surface area contributed by atoms with Gasteiger partial charge in [-0.2, -0.15) is 0 Å². The molecule has 3 nitrogen and oxygen atoms in total. The second kappa shape index (κ2) is 5.94. The van der Waals surface area contributed by atoms with Crippen molar-refractivity contribution in [2.75, 3.05) is 7.11 Å². The highest BCUT2D eigenvalue weighted by Gasteiger charge is 2.32. The van der Waals surface area contributed by atoms with Crippen LogP contribution in [0.15, 0.2) is 28.8 Å². The Hall–Kier alpha value is -1.74. The number of hydrogen-bond donors (Lipinski definition) is 0. The summed E-state index contributed by atoms with van der Waals surface area (Å²) in [5.41, 5.74) is 2.60. The molecule has 0 aliphatic heterocycles. The highest BCUT2D eigenvalue weighted by Crippen LogP contribution is 2.46. The van der Waals surface area contributed by atoms with E-state index >= 15 is 0 Å². The fourth-order valence-corrected chi connectivity index (χ4v) is 2.69. The summed E-state index contributed by atoms with van der Waals surface area (Å²) in [6.07, 6.45) is 7.50. The van der Waals surface area contributed by atoms with Crippen molar-refractivity contribution >= 4 is 17.7 Å². The first-order valence-corrected chi connectivity index (χ1v) is 7.63. The minimum Gasteiger partial charge on any atom is -0.496 e. The van der Waals surface area contributed by atoms with Gasteiger partial charge >= 0.3 is 0 Å². The normalized spacial score (nSPS) is 14.8. The minimum atomic E-state index is 0.497. The second-order valence-electron chi connectivity index (χ2n) is 5.21. The Morgan fingerprint density at radius 2 is 2.24 bits per heavy atom. The van der Waals surface area contributed by atoms with Gasteiger partial charge in [0.05, 0.1) is 17.7 Å². The third-order valence-electron chi connectivity index (χ3n) is 3.66. The van der Waals surface area contributed by atoms with Crippen molar-refractivity contribution < 1.29 is 9.26 Å². The van der Waals surface area contributed by atoms with Crippen LogP contribution in [0.1, 0.15) is 43.4 Å². The number of ether oxygens (including phenoxy) is 1. The van der Waals surface area contributed by atoms with Crippen LogP contribution < -0.4 is 4.74 Å². The molecule has 1 aliphatic rings. The molecule has 4 heteroatoms. The van der Waals surface area contributed by atoms with Gasteiger partial charge in [0.15, 0.2) is 0 Å². The third kappa shape index (κ3) is 2.70. The zero-order valence-electron chi connectivity index (χ0n) is 12.2. The van der Waals surface area contributed by atoms with Gasteiger partial charge in [-0.05, 0) is 31.4 Å². The molecule has 0 N–H and O–H groups in total. The Morgan fingerprint density at radius 3 is 2.90 bits per heavy atom. The molecule has 1 heterocycles. The van der Waals surface area contributed by atoms with Gasteiger partial charge < -0.3 is 9.26 Å². The maximum Gasteiger partial charge on any atom is 0.147 e. The SMILES string of the molecule is CC/C=C/c1c(-c2c(Cl)cccc2OC)noc1C1CC1. The van der Waals surface area contributed by atoms with E-state index in [4.69, 9.17) is 20.9 Å². The summed E-state index contributed by atoms with van der Waals surface area (Å²) < 4.78 is 11.0. The number of aromatic nitrogens is 1. The Balaban J connectivity index is 2.16. The molecule has 1 aliphatic carbocycles. The molecule has 1 saturated carbocycles. The molecule has 1 aromatic heterocycles. The monoisotopic (exact) mass is 303 g/mol. The topological polar surface area (TPSA) is 35.3 Å². The Bertz CT molecular complexity index is 671. The molecule has 0 amide bonds. The summed E-state index contributed by atoms with van der Waals surface area (Å²) in [6.45, 7) is 2.11. The van der Waals surface area contributed by atoms with E-state index in [9.17, 15) is 0 Å². The first-order chi connectivity index (χ1) is 10.3. The highest BCUT2D eigenvalue weighted by molar-refractivity contribution is 6.33. The molecule has 0 saturated heterocycles. The first kappa shape index (κ1) is 14.2. The number of allylic oxidation sites excluding steroid dienone is 1. The van der Waals surface area contributed by atoms with Crippen molar-refractivity contribution in [2.24, 2.45) is 0 Å². The van der Waals surface area contributed by atoms with Gasteiger partial charge in [-0.15, -0.1) is 0 Å². The second-order valence-corrected chi connectivity index (χ2v) is 5.62. The van der Waals surface area contributed by atoms with Crippen molar-refractivity contribution in [1.29, 1.82) is 0 Å². The van der Waals surface area contributed by atoms with E-state index in [1.54, 1.807) is 7.11 Å². The molecule has 0 bridgehead atoms. The number of nitrogens with zero attached hydrogens (tertiary/aromatic N) is 1. The van der Waals surface area contributed by atoms with Crippen LogP contribution in [0, 0.1) is 0 Å². The molecule has 21 heavy (non-hydrogen) atoms. The van der Waals surface area contributed by atoms with Crippen molar-refractivity contribution in [3.63, 3.8) is 0 Å². The quantitative estimate of drug-likeness (QED) is 0.751. The van der Waals surface area contributed by atoms with E-state index in [1.165, 1.54) is 12.8 Å². The van der Waals surface area contributed by atoms with Gasteiger partial charge in [-0.25, -0.2) is 0 Å². The van der Waals surface area contributed by atoms with Crippen LogP contribution in [0.25, 0.3) is 17.3 Å². The van der Waals surface area contributed by atoms with E-state index in [-0.39, 0.29) is 0 Å². The van der Waals surface area contributed by atoms with Gasteiger partial charge in [-0.3, -0.25) is 0 Å². The lowest BCUT2D eigenvalue weighted by molar-refractivity contribution is 0.384. The molecular formula is C17H18ClNO2. The molecule has 2 aromatic rings. The van der Waals surface area contributed by atoms with Crippen LogP contribution >= 0.6 is 11.6 Å². The van der Waals surface area contributed by atoms with Crippen LogP contribution in [0.4, 0.5) is 0 Å². The van der Waals surface area contributed by atoms with Crippen molar-refractivity contribution in [3.8, 4) is 17.0 Å². The van der Waals surface area contributed by atoms with E-state index in [1.807, 2.05) is 18.2 Å². The lowest BCUT2D eigenvalue weighted by Crippen LogP contribution is -1.91. The van der Waals surface area contributed by atoms with E-state index in [2.05, 4.69) is 24.2 Å². The molecule has 0 unspecified atom stereocenters. The summed E-state index contributed by atoms with van der Waals surface area (Å²) in [5.74, 6) is 2.18. The van der Waals surface area contributed by atoms with E-state index < -0.39 is 0 Å². The summed E-state index contributed by atoms with van der Waals surface area (Å²) in [7, 11) is 1.64. The minimum absolute atomic E-state index is 0.497. The predicted molar refractivity (Wildman–Crippen MR) is 84.8 cm³/mol. The average Bonchev–Trinajstić information content (AvgIpc) is 3.26. The molecule has 110 valence electrons. The average molecular weight is 304 g/mol. The first-order valence-electron chi connectivity index (χ1n) is 7.25. The van der Waals surface area contributed by atoms with Crippen LogP contribution in [0.2, 0.25) is 5.02 Å². The highest BCUT2D eigenvalue weighted by atomic mass is 35.5. The fraction of sp³-hybridized carbons (Fsp3) is 0.353. The standard InChI is InChI=1S/C17H18ClNO2/c1-3-4-6-12-16(19-21-17(12)11-9-10-11)15-13(18)7-5-8-14(15)20-2/h4-8,11H,3,9-10H2,1-2H3/b6-4+. The Kier molecular flexibility index (Phi) is 4.02. The van der Waals surface area contributed by atoms with Crippen LogP contribution in [-0.2, 0) is 0 Å². The van der Waals surface area contributed by atoms with Gasteiger partial charge in [0.1, 0.15) is 17.2 Å².